The van der Waals surface area contributed by atoms with Crippen LogP contribution in [0, 0.1) is 0 Å². The molecule has 0 spiro atoms. The number of amides is 5. The number of primary amides is 1. The van der Waals surface area contributed by atoms with Crippen LogP contribution in [0.15, 0.2) is 60.9 Å². The van der Waals surface area contributed by atoms with Gasteiger partial charge in [0.2, 0.25) is 5.91 Å². The van der Waals surface area contributed by atoms with Crippen molar-refractivity contribution in [3.8, 4) is 16.9 Å². The molecule has 2 aliphatic rings. The first-order valence-electron chi connectivity index (χ1n) is 10.8. The van der Waals surface area contributed by atoms with E-state index in [1.54, 1.807) is 48.7 Å². The van der Waals surface area contributed by atoms with Crippen LogP contribution in [0.3, 0.4) is 0 Å². The number of nitrogens with one attached hydrogen (secondary N) is 2. The monoisotopic (exact) mass is 471 g/mol. The molecule has 0 bridgehead atoms. The smallest absolute Gasteiger partial charge is 0.322 e. The molecule has 1 fully saturated rings. The van der Waals surface area contributed by atoms with Gasteiger partial charge in [0.15, 0.2) is 5.54 Å². The molecule has 1 aromatic heterocycles. The number of carbonyl (C=O) groups is 4. The third kappa shape index (κ3) is 3.74. The van der Waals surface area contributed by atoms with Gasteiger partial charge in [-0.2, -0.15) is 0 Å². The summed E-state index contributed by atoms with van der Waals surface area (Å²) in [6.07, 6.45) is 2.98. The van der Waals surface area contributed by atoms with Crippen LogP contribution in [0.25, 0.3) is 11.1 Å². The van der Waals surface area contributed by atoms with Crippen molar-refractivity contribution in [2.24, 2.45) is 5.73 Å². The fourth-order valence-electron chi connectivity index (χ4n) is 4.46. The van der Waals surface area contributed by atoms with Crippen molar-refractivity contribution in [2.75, 3.05) is 13.7 Å². The lowest BCUT2D eigenvalue weighted by Gasteiger charge is -2.31. The average molecular weight is 471 g/mol. The number of benzene rings is 2. The molecular weight excluding hydrogens is 450 g/mol. The van der Waals surface area contributed by atoms with Crippen molar-refractivity contribution in [3.63, 3.8) is 0 Å². The molecule has 10 heteroatoms. The van der Waals surface area contributed by atoms with E-state index in [0.29, 0.717) is 29.0 Å². The topological polar surface area (TPSA) is 144 Å². The number of fused-ring (bicyclic) bond motifs is 1. The van der Waals surface area contributed by atoms with Crippen LogP contribution in [0.1, 0.15) is 31.8 Å². The average Bonchev–Trinajstić information content (AvgIpc) is 3.33. The first kappa shape index (κ1) is 22.1. The molecule has 5 amide bonds. The Kier molecular flexibility index (Phi) is 5.20. The predicted molar refractivity (Wildman–Crippen MR) is 124 cm³/mol. The summed E-state index contributed by atoms with van der Waals surface area (Å²) in [7, 11) is 1.52. The molecule has 2 aromatic carbocycles. The van der Waals surface area contributed by atoms with Gasteiger partial charge in [-0.1, -0.05) is 30.3 Å². The number of ether oxygens (including phenoxy) is 1. The van der Waals surface area contributed by atoms with Gasteiger partial charge in [-0.25, -0.2) is 4.79 Å². The summed E-state index contributed by atoms with van der Waals surface area (Å²) in [5, 5.41) is 5.01. The van der Waals surface area contributed by atoms with Crippen molar-refractivity contribution in [1.29, 1.82) is 0 Å². The summed E-state index contributed by atoms with van der Waals surface area (Å²) < 4.78 is 5.22. The molecule has 1 atom stereocenters. The molecule has 3 aromatic rings. The Bertz CT molecular complexity index is 1390. The lowest BCUT2D eigenvalue weighted by atomic mass is 9.88. The number of aromatic nitrogens is 1. The second-order valence-electron chi connectivity index (χ2n) is 8.40. The highest BCUT2D eigenvalue weighted by Crippen LogP contribution is 2.33. The van der Waals surface area contributed by atoms with Crippen molar-refractivity contribution in [2.45, 2.75) is 12.1 Å². The van der Waals surface area contributed by atoms with E-state index in [9.17, 15) is 19.2 Å². The van der Waals surface area contributed by atoms with Crippen molar-refractivity contribution >= 4 is 23.8 Å². The van der Waals surface area contributed by atoms with Gasteiger partial charge < -0.3 is 20.7 Å². The van der Waals surface area contributed by atoms with Gasteiger partial charge in [-0.05, 0) is 34.9 Å². The Hall–Kier alpha value is -4.73. The summed E-state index contributed by atoms with van der Waals surface area (Å²) >= 11 is 0. The molecule has 3 heterocycles. The minimum absolute atomic E-state index is 0.0571. The maximum absolute atomic E-state index is 13.1. The van der Waals surface area contributed by atoms with Gasteiger partial charge in [-0.3, -0.25) is 24.7 Å². The third-order valence-electron chi connectivity index (χ3n) is 6.30. The van der Waals surface area contributed by atoms with Crippen molar-refractivity contribution < 1.29 is 23.9 Å². The molecule has 176 valence electrons. The zero-order valence-electron chi connectivity index (χ0n) is 18.7. The van der Waals surface area contributed by atoms with E-state index in [4.69, 9.17) is 10.5 Å². The molecule has 0 saturated carbocycles. The number of methoxy groups -OCH3 is 1. The molecular formula is C25H21N5O5. The molecule has 5 rings (SSSR count). The van der Waals surface area contributed by atoms with Crippen molar-refractivity contribution in [1.82, 2.24) is 20.5 Å². The van der Waals surface area contributed by atoms with Gasteiger partial charge in [0.25, 0.3) is 11.8 Å². The van der Waals surface area contributed by atoms with Gasteiger partial charge in [-0.15, -0.1) is 0 Å². The second kappa shape index (κ2) is 8.24. The van der Waals surface area contributed by atoms with Crippen LogP contribution in [0.5, 0.6) is 5.75 Å². The number of imide groups is 1. The fraction of sp³-hybridized carbons (Fsp3) is 0.160. The first-order chi connectivity index (χ1) is 16.8. The molecule has 4 N–H and O–H groups in total. The molecule has 0 aliphatic carbocycles. The Morgan fingerprint density at radius 2 is 1.86 bits per heavy atom. The Morgan fingerprint density at radius 1 is 1.09 bits per heavy atom. The SMILES string of the molecule is COc1ccc2c(c1)C(=O)N(CC1(c3ccc(-c4cncc(C(N)=O)c4)cc3)NC(=O)NC1=O)C2. The highest BCUT2D eigenvalue weighted by molar-refractivity contribution is 6.08. The van der Waals surface area contributed by atoms with E-state index in [1.165, 1.54) is 18.2 Å². The second-order valence-corrected chi connectivity index (χ2v) is 8.40. The quantitative estimate of drug-likeness (QED) is 0.466. The van der Waals surface area contributed by atoms with E-state index >= 15 is 0 Å². The van der Waals surface area contributed by atoms with Crippen LogP contribution >= 0.6 is 0 Å². The van der Waals surface area contributed by atoms with Crippen LogP contribution in [-0.4, -0.2) is 47.3 Å². The van der Waals surface area contributed by atoms with E-state index in [-0.39, 0.29) is 18.0 Å². The van der Waals surface area contributed by atoms with E-state index in [1.807, 2.05) is 6.07 Å². The van der Waals surface area contributed by atoms with Crippen LogP contribution < -0.4 is 21.1 Å². The summed E-state index contributed by atoms with van der Waals surface area (Å²) in [5.41, 5.74) is 7.38. The minimum Gasteiger partial charge on any atom is -0.497 e. The molecule has 1 saturated heterocycles. The number of nitrogens with two attached hydrogens (primary N) is 1. The summed E-state index contributed by atoms with van der Waals surface area (Å²) in [6.45, 7) is 0.241. The zero-order valence-corrected chi connectivity index (χ0v) is 18.7. The zero-order chi connectivity index (χ0) is 24.7. The molecule has 35 heavy (non-hydrogen) atoms. The van der Waals surface area contributed by atoms with E-state index in [0.717, 1.165) is 11.1 Å². The van der Waals surface area contributed by atoms with E-state index < -0.39 is 23.4 Å². The Labute approximate surface area is 200 Å². The lowest BCUT2D eigenvalue weighted by molar-refractivity contribution is -0.124. The Balaban J connectivity index is 1.47. The summed E-state index contributed by atoms with van der Waals surface area (Å²) in [5.74, 6) is -0.826. The molecule has 1 unspecified atom stereocenters. The number of nitrogens with zero attached hydrogens (tertiary/aromatic N) is 2. The number of urea groups is 1. The largest absolute Gasteiger partial charge is 0.497 e. The van der Waals surface area contributed by atoms with Crippen LogP contribution in [-0.2, 0) is 16.9 Å². The Morgan fingerprint density at radius 3 is 2.51 bits per heavy atom. The lowest BCUT2D eigenvalue weighted by Crippen LogP contribution is -2.52. The fourth-order valence-corrected chi connectivity index (χ4v) is 4.46. The number of hydrogen-bond donors (Lipinski definition) is 3. The van der Waals surface area contributed by atoms with Gasteiger partial charge in [0.05, 0.1) is 19.2 Å². The summed E-state index contributed by atoms with van der Waals surface area (Å²) in [6, 6.07) is 13.2. The third-order valence-corrected chi connectivity index (χ3v) is 6.30. The van der Waals surface area contributed by atoms with Gasteiger partial charge >= 0.3 is 6.03 Å². The number of carbonyl (C=O) groups excluding carboxylic acids is 4. The maximum atomic E-state index is 13.1. The van der Waals surface area contributed by atoms with Crippen LogP contribution in [0.2, 0.25) is 0 Å². The maximum Gasteiger partial charge on any atom is 0.322 e. The molecule has 10 nitrogen and oxygen atoms in total. The number of hydrogen-bond acceptors (Lipinski definition) is 6. The van der Waals surface area contributed by atoms with Gasteiger partial charge in [0.1, 0.15) is 5.75 Å². The number of pyridine rings is 1. The minimum atomic E-state index is -1.47. The first-order valence-corrected chi connectivity index (χ1v) is 10.8. The predicted octanol–water partition coefficient (Wildman–Crippen LogP) is 1.55. The highest BCUT2D eigenvalue weighted by atomic mass is 16.5. The highest BCUT2D eigenvalue weighted by Gasteiger charge is 2.50. The molecule has 0 radical (unpaired) electrons. The molecule has 2 aliphatic heterocycles. The van der Waals surface area contributed by atoms with Gasteiger partial charge in [0, 0.05) is 30.1 Å². The van der Waals surface area contributed by atoms with E-state index in [2.05, 4.69) is 15.6 Å². The van der Waals surface area contributed by atoms with Crippen molar-refractivity contribution in [3.05, 3.63) is 83.2 Å². The van der Waals surface area contributed by atoms with Crippen LogP contribution in [0.4, 0.5) is 4.79 Å². The normalized spacial score (nSPS) is 18.8. The standard InChI is InChI=1S/C25H21N5O5/c1-35-19-7-4-15-12-30(22(32)20(15)9-19)13-25(23(33)28-24(34)29-25)18-5-2-14(3-6-18)16-8-17(21(26)31)11-27-10-16/h2-11H,12-13H2,1H3,(H2,26,31)(H2,28,29,33,34). The number of rotatable bonds is 6. The summed E-state index contributed by atoms with van der Waals surface area (Å²) in [4.78, 5) is 55.4.